The van der Waals surface area contributed by atoms with Gasteiger partial charge in [0.05, 0.1) is 23.6 Å². The van der Waals surface area contributed by atoms with Crippen LogP contribution in [0.15, 0.2) is 29.2 Å². The summed E-state index contributed by atoms with van der Waals surface area (Å²) >= 11 is 1.26. The van der Waals surface area contributed by atoms with E-state index in [1.54, 1.807) is 11.8 Å². The normalized spacial score (nSPS) is 20.3. The van der Waals surface area contributed by atoms with Crippen molar-refractivity contribution in [3.8, 4) is 0 Å². The number of hydrogen-bond donors (Lipinski definition) is 1. The fourth-order valence-electron chi connectivity index (χ4n) is 5.08. The summed E-state index contributed by atoms with van der Waals surface area (Å²) < 4.78 is 33.1. The minimum absolute atomic E-state index is 0.0502. The number of nitrogens with zero attached hydrogens (tertiary/aromatic N) is 2. The zero-order valence-electron chi connectivity index (χ0n) is 21.6. The Kier molecular flexibility index (Phi) is 8.05. The van der Waals surface area contributed by atoms with Gasteiger partial charge in [-0.2, -0.15) is 4.31 Å². The number of sulfonamides is 1. The second-order valence-electron chi connectivity index (χ2n) is 9.87. The van der Waals surface area contributed by atoms with Crippen molar-refractivity contribution in [1.29, 1.82) is 0 Å². The Balaban J connectivity index is 1.56. The third kappa shape index (κ3) is 5.73. The Morgan fingerprint density at radius 1 is 1.11 bits per heavy atom. The van der Waals surface area contributed by atoms with E-state index in [4.69, 9.17) is 4.74 Å². The Bertz CT molecular complexity index is 1290. The number of esters is 1. The molecule has 0 unspecified atom stereocenters. The molecule has 2 amide bonds. The molecule has 4 rings (SSSR count). The largest absolute Gasteiger partial charge is 0.462 e. The molecule has 2 aromatic rings. The highest BCUT2D eigenvalue weighted by Crippen LogP contribution is 2.38. The highest BCUT2D eigenvalue weighted by Gasteiger charge is 2.33. The summed E-state index contributed by atoms with van der Waals surface area (Å²) in [4.78, 5) is 40.4. The number of thiophene rings is 1. The number of benzene rings is 1. The van der Waals surface area contributed by atoms with Gasteiger partial charge >= 0.3 is 5.97 Å². The third-order valence-electron chi connectivity index (χ3n) is 6.80. The maximum Gasteiger partial charge on any atom is 0.341 e. The highest BCUT2D eigenvalue weighted by molar-refractivity contribution is 7.89. The molecule has 2 atom stereocenters. The number of rotatable bonds is 6. The smallest absolute Gasteiger partial charge is 0.341 e. The van der Waals surface area contributed by atoms with Gasteiger partial charge in [0.15, 0.2) is 0 Å². The molecule has 37 heavy (non-hydrogen) atoms. The van der Waals surface area contributed by atoms with Crippen molar-refractivity contribution in [3.63, 3.8) is 0 Å². The van der Waals surface area contributed by atoms with Crippen LogP contribution in [0.2, 0.25) is 0 Å². The second kappa shape index (κ2) is 10.9. The van der Waals surface area contributed by atoms with E-state index in [2.05, 4.69) is 19.2 Å². The van der Waals surface area contributed by atoms with Crippen LogP contribution in [-0.4, -0.2) is 61.6 Å². The van der Waals surface area contributed by atoms with Crippen LogP contribution in [0.5, 0.6) is 0 Å². The van der Waals surface area contributed by atoms with Crippen molar-refractivity contribution in [3.05, 3.63) is 45.8 Å². The fourth-order valence-corrected chi connectivity index (χ4v) is 8.01. The molecule has 2 aliphatic heterocycles. The van der Waals surface area contributed by atoms with Gasteiger partial charge in [-0.3, -0.25) is 9.59 Å². The first-order valence-electron chi connectivity index (χ1n) is 12.5. The van der Waals surface area contributed by atoms with Crippen molar-refractivity contribution in [2.45, 2.75) is 52.0 Å². The number of ether oxygens (including phenoxy) is 1. The molecule has 200 valence electrons. The molecule has 11 heteroatoms. The van der Waals surface area contributed by atoms with E-state index in [0.29, 0.717) is 43.2 Å². The number of nitrogens with one attached hydrogen (secondary N) is 1. The summed E-state index contributed by atoms with van der Waals surface area (Å²) in [5.41, 5.74) is 1.39. The molecular weight excluding hydrogens is 514 g/mol. The first-order chi connectivity index (χ1) is 17.5. The molecule has 1 N–H and O–H groups in total. The van der Waals surface area contributed by atoms with Gasteiger partial charge in [0, 0.05) is 37.0 Å². The SMILES string of the molecule is CCOC(=O)c1c(NC(=O)c2ccc(S(=O)(=O)N3C[C@@H](C)C[C@H](C)C3)cc2)sc2c1CCN(C(C)=O)C2. The lowest BCUT2D eigenvalue weighted by molar-refractivity contribution is -0.129. The average Bonchev–Trinajstić information content (AvgIpc) is 3.20. The zero-order valence-corrected chi connectivity index (χ0v) is 23.2. The Morgan fingerprint density at radius 2 is 1.76 bits per heavy atom. The monoisotopic (exact) mass is 547 g/mol. The number of carbonyl (C=O) groups is 3. The average molecular weight is 548 g/mol. The van der Waals surface area contributed by atoms with Crippen LogP contribution in [0.1, 0.15) is 65.3 Å². The lowest BCUT2D eigenvalue weighted by Crippen LogP contribution is -2.42. The molecule has 0 spiro atoms. The number of amides is 2. The van der Waals surface area contributed by atoms with E-state index in [0.717, 1.165) is 16.9 Å². The fraction of sp³-hybridized carbons (Fsp3) is 0.500. The van der Waals surface area contributed by atoms with Crippen molar-refractivity contribution < 1.29 is 27.5 Å². The second-order valence-corrected chi connectivity index (χ2v) is 12.9. The molecular formula is C26H33N3O6S2. The molecule has 2 aliphatic rings. The number of hydrogen-bond acceptors (Lipinski definition) is 7. The van der Waals surface area contributed by atoms with Crippen LogP contribution in [0.4, 0.5) is 5.00 Å². The molecule has 9 nitrogen and oxygen atoms in total. The number of fused-ring (bicyclic) bond motifs is 1. The van der Waals surface area contributed by atoms with E-state index in [9.17, 15) is 22.8 Å². The lowest BCUT2D eigenvalue weighted by Gasteiger charge is -2.34. The summed E-state index contributed by atoms with van der Waals surface area (Å²) in [5, 5.41) is 3.18. The van der Waals surface area contributed by atoms with E-state index in [1.165, 1.54) is 46.8 Å². The molecule has 0 saturated carbocycles. The molecule has 0 radical (unpaired) electrons. The van der Waals surface area contributed by atoms with Crippen molar-refractivity contribution in [1.82, 2.24) is 9.21 Å². The standard InChI is InChI=1S/C26H33N3O6S2/c1-5-35-26(32)23-21-10-11-28(18(4)30)15-22(21)36-25(23)27-24(31)19-6-8-20(9-7-19)37(33,34)29-13-16(2)12-17(3)14-29/h6-9,16-17H,5,10-15H2,1-4H3,(H,27,31)/t16-,17-/m0/s1. The summed E-state index contributed by atoms with van der Waals surface area (Å²) in [6.07, 6.45) is 1.49. The summed E-state index contributed by atoms with van der Waals surface area (Å²) in [6, 6.07) is 5.86. The van der Waals surface area contributed by atoms with Crippen LogP contribution < -0.4 is 5.32 Å². The first-order valence-corrected chi connectivity index (χ1v) is 14.8. The molecule has 0 bridgehead atoms. The minimum Gasteiger partial charge on any atom is -0.462 e. The van der Waals surface area contributed by atoms with Crippen LogP contribution in [0, 0.1) is 11.8 Å². The topological polar surface area (TPSA) is 113 Å². The van der Waals surface area contributed by atoms with Gasteiger partial charge in [0.2, 0.25) is 15.9 Å². The van der Waals surface area contributed by atoms with E-state index >= 15 is 0 Å². The van der Waals surface area contributed by atoms with Crippen LogP contribution in [0.3, 0.4) is 0 Å². The minimum atomic E-state index is -3.66. The van der Waals surface area contributed by atoms with Gasteiger partial charge in [0.1, 0.15) is 5.00 Å². The molecule has 3 heterocycles. The van der Waals surface area contributed by atoms with E-state index in [1.807, 2.05) is 0 Å². The highest BCUT2D eigenvalue weighted by atomic mass is 32.2. The number of piperidine rings is 1. The summed E-state index contributed by atoms with van der Waals surface area (Å²) in [5.74, 6) is -0.451. The molecule has 1 saturated heterocycles. The maximum atomic E-state index is 13.2. The number of anilines is 1. The molecule has 1 aromatic heterocycles. The Hall–Kier alpha value is -2.76. The quantitative estimate of drug-likeness (QED) is 0.551. The maximum absolute atomic E-state index is 13.2. The molecule has 1 fully saturated rings. The van der Waals surface area contributed by atoms with Gasteiger partial charge in [-0.1, -0.05) is 13.8 Å². The first kappa shape index (κ1) is 27.3. The Morgan fingerprint density at radius 3 is 2.35 bits per heavy atom. The third-order valence-corrected chi connectivity index (χ3v) is 9.78. The van der Waals surface area contributed by atoms with Gasteiger partial charge in [-0.25, -0.2) is 13.2 Å². The number of carbonyl (C=O) groups excluding carboxylic acids is 3. The van der Waals surface area contributed by atoms with Crippen LogP contribution in [0.25, 0.3) is 0 Å². The summed E-state index contributed by atoms with van der Waals surface area (Å²) in [6.45, 7) is 9.34. The lowest BCUT2D eigenvalue weighted by atomic mass is 9.94. The summed E-state index contributed by atoms with van der Waals surface area (Å²) in [7, 11) is -3.66. The predicted molar refractivity (Wildman–Crippen MR) is 141 cm³/mol. The van der Waals surface area contributed by atoms with E-state index < -0.39 is 21.9 Å². The van der Waals surface area contributed by atoms with Gasteiger partial charge in [-0.05, 0) is 61.4 Å². The van der Waals surface area contributed by atoms with Gasteiger partial charge in [-0.15, -0.1) is 11.3 Å². The van der Waals surface area contributed by atoms with Crippen molar-refractivity contribution >= 4 is 44.1 Å². The van der Waals surface area contributed by atoms with Crippen molar-refractivity contribution in [2.24, 2.45) is 11.8 Å². The predicted octanol–water partition coefficient (Wildman–Crippen LogP) is 3.75. The van der Waals surface area contributed by atoms with Gasteiger partial charge < -0.3 is 15.0 Å². The molecule has 0 aliphatic carbocycles. The molecule has 1 aromatic carbocycles. The van der Waals surface area contributed by atoms with Crippen LogP contribution in [-0.2, 0) is 32.5 Å². The Labute approximate surface area is 221 Å². The zero-order chi connectivity index (χ0) is 26.9. The van der Waals surface area contributed by atoms with Crippen molar-refractivity contribution in [2.75, 3.05) is 31.6 Å². The van der Waals surface area contributed by atoms with E-state index in [-0.39, 0.29) is 34.8 Å². The van der Waals surface area contributed by atoms with Gasteiger partial charge in [0.25, 0.3) is 5.91 Å². The van der Waals surface area contributed by atoms with Crippen LogP contribution >= 0.6 is 11.3 Å².